The molecule has 1 aromatic carbocycles. The van der Waals surface area contributed by atoms with Gasteiger partial charge in [0.05, 0.1) is 11.4 Å². The van der Waals surface area contributed by atoms with Gasteiger partial charge >= 0.3 is 5.69 Å². The number of carbonyl (C=O) groups excluding carboxylic acids is 2. The summed E-state index contributed by atoms with van der Waals surface area (Å²) in [6.07, 6.45) is 0.408. The second-order valence-corrected chi connectivity index (χ2v) is 5.64. The third-order valence-electron chi connectivity index (χ3n) is 3.73. The molecule has 1 amide bonds. The lowest BCUT2D eigenvalue weighted by molar-refractivity contribution is -0.305. The van der Waals surface area contributed by atoms with Gasteiger partial charge in [0.25, 0.3) is 5.56 Å². The summed E-state index contributed by atoms with van der Waals surface area (Å²) in [7, 11) is 2.58. The largest absolute Gasteiger partial charge is 0.550 e. The van der Waals surface area contributed by atoms with Crippen LogP contribution in [0.1, 0.15) is 18.4 Å². The third-order valence-corrected chi connectivity index (χ3v) is 3.73. The molecule has 2 rings (SSSR count). The van der Waals surface area contributed by atoms with E-state index in [1.807, 2.05) is 0 Å². The van der Waals surface area contributed by atoms with E-state index >= 15 is 0 Å². The maximum absolute atomic E-state index is 12.2. The van der Waals surface area contributed by atoms with E-state index in [0.717, 1.165) is 15.3 Å². The Morgan fingerprint density at radius 2 is 1.85 bits per heavy atom. The molecule has 0 bridgehead atoms. The van der Waals surface area contributed by atoms with Gasteiger partial charge in [-0.15, -0.1) is 0 Å². The molecule has 0 unspecified atom stereocenters. The number of aliphatic carboxylic acids is 1. The Labute approximate surface area is 153 Å². The van der Waals surface area contributed by atoms with E-state index in [-0.39, 0.29) is 17.7 Å². The van der Waals surface area contributed by atoms with Crippen LogP contribution in [0.2, 0.25) is 0 Å². The topological polar surface area (TPSA) is 146 Å². The summed E-state index contributed by atoms with van der Waals surface area (Å²) in [5.74, 6) is -2.41. The molecule has 0 saturated carbocycles. The second-order valence-electron chi connectivity index (χ2n) is 5.64. The molecule has 0 aliphatic rings. The van der Waals surface area contributed by atoms with E-state index in [1.54, 1.807) is 24.3 Å². The molecule has 0 aliphatic carbocycles. The van der Waals surface area contributed by atoms with Crippen LogP contribution in [0.5, 0.6) is 5.88 Å². The van der Waals surface area contributed by atoms with Crippen molar-refractivity contribution in [2.45, 2.75) is 12.8 Å². The van der Waals surface area contributed by atoms with Gasteiger partial charge in [-0.2, -0.15) is 0 Å². The van der Waals surface area contributed by atoms with Gasteiger partial charge < -0.3 is 20.3 Å². The zero-order valence-corrected chi connectivity index (χ0v) is 14.6. The average molecular weight is 373 g/mol. The summed E-state index contributed by atoms with van der Waals surface area (Å²) in [5.41, 5.74) is -1.05. The van der Waals surface area contributed by atoms with Gasteiger partial charge in [-0.05, 0) is 18.6 Å². The average Bonchev–Trinajstić information content (AvgIpc) is 2.64. The molecule has 1 aromatic heterocycles. The van der Waals surface area contributed by atoms with Crippen LogP contribution in [-0.4, -0.2) is 32.3 Å². The van der Waals surface area contributed by atoms with Crippen molar-refractivity contribution in [3.63, 3.8) is 0 Å². The number of para-hydroxylation sites is 2. The number of amides is 1. The number of aliphatic imine (C=N–C) groups is 1. The molecule has 10 heteroatoms. The second kappa shape index (κ2) is 8.13. The molecule has 0 atom stereocenters. The Hall–Kier alpha value is -3.69. The lowest BCUT2D eigenvalue weighted by Gasteiger charge is -2.09. The quantitative estimate of drug-likeness (QED) is 0.622. The first-order valence-electron chi connectivity index (χ1n) is 7.84. The predicted molar refractivity (Wildman–Crippen MR) is 95.2 cm³/mol. The molecule has 0 fully saturated rings. The lowest BCUT2D eigenvalue weighted by Crippen LogP contribution is -2.38. The van der Waals surface area contributed by atoms with Gasteiger partial charge in [-0.1, -0.05) is 12.1 Å². The maximum Gasteiger partial charge on any atom is 0.333 e. The van der Waals surface area contributed by atoms with Crippen LogP contribution in [0, 0.1) is 0 Å². The Morgan fingerprint density at radius 1 is 1.19 bits per heavy atom. The monoisotopic (exact) mass is 373 g/mol. The van der Waals surface area contributed by atoms with Gasteiger partial charge in [0.2, 0.25) is 11.8 Å². The van der Waals surface area contributed by atoms with Gasteiger partial charge in [0.1, 0.15) is 5.56 Å². The molecule has 0 spiro atoms. The number of rotatable bonds is 6. The summed E-state index contributed by atoms with van der Waals surface area (Å²) in [6.45, 7) is 0. The van der Waals surface area contributed by atoms with Crippen molar-refractivity contribution < 1.29 is 19.8 Å². The van der Waals surface area contributed by atoms with Gasteiger partial charge in [-0.3, -0.25) is 23.7 Å². The predicted octanol–water partition coefficient (Wildman–Crippen LogP) is -0.991. The highest BCUT2D eigenvalue weighted by atomic mass is 16.4. The number of aromatic hydroxyl groups is 1. The zero-order valence-electron chi connectivity index (χ0n) is 14.6. The zero-order chi connectivity index (χ0) is 20.1. The first-order chi connectivity index (χ1) is 12.7. The lowest BCUT2D eigenvalue weighted by atomic mass is 10.2. The van der Waals surface area contributed by atoms with Gasteiger partial charge in [0.15, 0.2) is 0 Å². The summed E-state index contributed by atoms with van der Waals surface area (Å²) in [4.78, 5) is 50.2. The summed E-state index contributed by atoms with van der Waals surface area (Å²) in [5, 5.41) is 23.0. The highest BCUT2D eigenvalue weighted by Crippen LogP contribution is 2.24. The molecule has 0 aliphatic heterocycles. The van der Waals surface area contributed by atoms with Crippen LogP contribution < -0.4 is 21.7 Å². The Bertz CT molecular complexity index is 1030. The minimum Gasteiger partial charge on any atom is -0.550 e. The Morgan fingerprint density at radius 3 is 2.52 bits per heavy atom. The Balaban J connectivity index is 2.34. The van der Waals surface area contributed by atoms with Crippen molar-refractivity contribution in [3.8, 4) is 5.88 Å². The molecule has 142 valence electrons. The van der Waals surface area contributed by atoms with Crippen LogP contribution >= 0.6 is 0 Å². The van der Waals surface area contributed by atoms with E-state index < -0.39 is 35.4 Å². The number of anilines is 1. The number of carbonyl (C=O) groups is 2. The molecule has 0 saturated heterocycles. The summed E-state index contributed by atoms with van der Waals surface area (Å²) < 4.78 is 1.73. The van der Waals surface area contributed by atoms with Crippen LogP contribution in [-0.2, 0) is 23.7 Å². The van der Waals surface area contributed by atoms with Crippen molar-refractivity contribution in [1.29, 1.82) is 0 Å². The molecule has 2 aromatic rings. The van der Waals surface area contributed by atoms with E-state index in [9.17, 15) is 29.4 Å². The molecule has 2 N–H and O–H groups in total. The number of hydrogen-bond acceptors (Lipinski definition) is 7. The molecule has 27 heavy (non-hydrogen) atoms. The first-order valence-corrected chi connectivity index (χ1v) is 7.84. The molecule has 10 nitrogen and oxygen atoms in total. The maximum atomic E-state index is 12.2. The van der Waals surface area contributed by atoms with Crippen LogP contribution in [0.25, 0.3) is 0 Å². The van der Waals surface area contributed by atoms with E-state index in [4.69, 9.17) is 0 Å². The number of nitrogens with zero attached hydrogens (tertiary/aromatic N) is 3. The number of aromatic nitrogens is 2. The normalized spacial score (nSPS) is 10.9. The Kier molecular flexibility index (Phi) is 5.91. The minimum absolute atomic E-state index is 0.197. The molecule has 1 heterocycles. The first kappa shape index (κ1) is 19.6. The van der Waals surface area contributed by atoms with Gasteiger partial charge in [0, 0.05) is 32.7 Å². The number of hydrogen-bond donors (Lipinski definition) is 2. The fraction of sp³-hybridized carbons (Fsp3) is 0.235. The SMILES string of the molecule is Cn1c(O)c(C=Nc2ccccc2NC(=O)CCC(=O)[O-])c(=O)n(C)c1=O. The van der Waals surface area contributed by atoms with Crippen LogP contribution in [0.15, 0.2) is 38.8 Å². The fourth-order valence-electron chi connectivity index (χ4n) is 2.23. The number of carboxylic acid groups (broad SMARTS) is 1. The summed E-state index contributed by atoms with van der Waals surface area (Å²) >= 11 is 0. The number of carboxylic acids is 1. The standard InChI is InChI=1S/C17H18N4O6/c1-20-15(25)10(16(26)21(2)17(20)27)9-18-11-5-3-4-6-12(11)19-13(22)7-8-14(23)24/h3-6,9,25H,7-8H2,1-2H3,(H,19,22)(H,23,24)/p-1. The van der Waals surface area contributed by atoms with Crippen LogP contribution in [0.3, 0.4) is 0 Å². The highest BCUT2D eigenvalue weighted by molar-refractivity contribution is 5.96. The smallest absolute Gasteiger partial charge is 0.333 e. The number of benzene rings is 1. The molecular formula is C17H17N4O6-. The van der Waals surface area contributed by atoms with Crippen molar-refractivity contribution in [2.75, 3.05) is 5.32 Å². The van der Waals surface area contributed by atoms with Crippen molar-refractivity contribution in [2.24, 2.45) is 19.1 Å². The van der Waals surface area contributed by atoms with Gasteiger partial charge in [-0.25, -0.2) is 4.79 Å². The fourth-order valence-corrected chi connectivity index (χ4v) is 2.23. The highest BCUT2D eigenvalue weighted by Gasteiger charge is 2.13. The van der Waals surface area contributed by atoms with Crippen LogP contribution in [0.4, 0.5) is 11.4 Å². The van der Waals surface area contributed by atoms with Crippen molar-refractivity contribution >= 4 is 29.5 Å². The number of nitrogens with one attached hydrogen (secondary N) is 1. The van der Waals surface area contributed by atoms with E-state index in [2.05, 4.69) is 10.3 Å². The molecule has 0 radical (unpaired) electrons. The van der Waals surface area contributed by atoms with Crippen molar-refractivity contribution in [3.05, 3.63) is 50.7 Å². The van der Waals surface area contributed by atoms with E-state index in [0.29, 0.717) is 5.69 Å². The summed E-state index contributed by atoms with van der Waals surface area (Å²) in [6, 6.07) is 6.37. The van der Waals surface area contributed by atoms with Crippen molar-refractivity contribution in [1.82, 2.24) is 9.13 Å². The molecular weight excluding hydrogens is 356 g/mol. The third kappa shape index (κ3) is 4.48. The minimum atomic E-state index is -1.34. The van der Waals surface area contributed by atoms with E-state index in [1.165, 1.54) is 14.1 Å².